The van der Waals surface area contributed by atoms with Gasteiger partial charge < -0.3 is 25.8 Å². The van der Waals surface area contributed by atoms with E-state index in [0.717, 1.165) is 66.7 Å². The molecular weight excluding hydrogens is 663 g/mol. The second kappa shape index (κ2) is 15.6. The van der Waals surface area contributed by atoms with Gasteiger partial charge in [-0.3, -0.25) is 19.1 Å². The monoisotopic (exact) mass is 715 g/mol. The van der Waals surface area contributed by atoms with Crippen LogP contribution in [0.25, 0.3) is 11.1 Å². The van der Waals surface area contributed by atoms with Crippen LogP contribution in [0.5, 0.6) is 0 Å². The summed E-state index contributed by atoms with van der Waals surface area (Å²) in [4.78, 5) is 44.3. The predicted octanol–water partition coefficient (Wildman–Crippen LogP) is 7.30. The van der Waals surface area contributed by atoms with Gasteiger partial charge in [-0.15, -0.1) is 0 Å². The zero-order chi connectivity index (χ0) is 37.2. The van der Waals surface area contributed by atoms with Gasteiger partial charge in [-0.1, -0.05) is 62.4 Å². The highest BCUT2D eigenvalue weighted by atomic mass is 16.2. The Labute approximate surface area is 313 Å². The molecule has 1 saturated carbocycles. The number of benzene rings is 3. The number of hydrogen-bond donors (Lipinski definition) is 2. The Morgan fingerprint density at radius 3 is 1.98 bits per heavy atom. The van der Waals surface area contributed by atoms with Crippen molar-refractivity contribution in [3.8, 4) is 11.1 Å². The van der Waals surface area contributed by atoms with Gasteiger partial charge in [0.25, 0.3) is 0 Å². The van der Waals surface area contributed by atoms with Crippen LogP contribution in [0.15, 0.2) is 85.2 Å². The maximum absolute atomic E-state index is 13.2. The minimum Gasteiger partial charge on any atom is -0.368 e. The molecule has 0 unspecified atom stereocenters. The molecule has 3 heterocycles. The van der Waals surface area contributed by atoms with Gasteiger partial charge in [0.1, 0.15) is 6.54 Å². The molecule has 3 aliphatic rings. The predicted molar refractivity (Wildman–Crippen MR) is 211 cm³/mol. The average Bonchev–Trinajstić information content (AvgIpc) is 3.63. The molecule has 2 aliphatic heterocycles. The Balaban J connectivity index is 1.15. The van der Waals surface area contributed by atoms with Crippen LogP contribution in [-0.2, 0) is 20.9 Å². The highest BCUT2D eigenvalue weighted by Gasteiger charge is 2.40. The molecule has 7 rings (SSSR count). The minimum atomic E-state index is -0.426. The lowest BCUT2D eigenvalue weighted by molar-refractivity contribution is -0.119. The van der Waals surface area contributed by atoms with Crippen molar-refractivity contribution in [2.75, 3.05) is 14.7 Å². The summed E-state index contributed by atoms with van der Waals surface area (Å²) in [5.74, 6) is -0.0931. The first-order valence-electron chi connectivity index (χ1n) is 19.4. The zero-order valence-electron chi connectivity index (χ0n) is 31.4. The number of nitrogens with two attached hydrogens (primary N) is 1. The summed E-state index contributed by atoms with van der Waals surface area (Å²) in [5.41, 5.74) is 13.0. The third-order valence-electron chi connectivity index (χ3n) is 11.6. The lowest BCUT2D eigenvalue weighted by Crippen LogP contribution is -2.51. The zero-order valence-corrected chi connectivity index (χ0v) is 31.4. The molecule has 0 saturated heterocycles. The highest BCUT2D eigenvalue weighted by Crippen LogP contribution is 2.46. The number of nitrogens with zero attached hydrogens (tertiary/aromatic N) is 5. The second-order valence-corrected chi connectivity index (χ2v) is 15.1. The number of aromatic nitrogens is 2. The smallest absolute Gasteiger partial charge is 0.239 e. The summed E-state index contributed by atoms with van der Waals surface area (Å²) in [6.45, 7) is 8.28. The lowest BCUT2D eigenvalue weighted by atomic mass is 9.83. The van der Waals surface area contributed by atoms with Gasteiger partial charge in [-0.05, 0) is 93.3 Å². The van der Waals surface area contributed by atoms with Crippen LogP contribution in [0.2, 0.25) is 0 Å². The fourth-order valence-electron chi connectivity index (χ4n) is 9.15. The number of amides is 3. The van der Waals surface area contributed by atoms with Crippen LogP contribution in [-0.4, -0.2) is 51.7 Å². The van der Waals surface area contributed by atoms with E-state index in [1.807, 2.05) is 42.0 Å². The maximum atomic E-state index is 13.2. The van der Waals surface area contributed by atoms with E-state index >= 15 is 0 Å². The minimum absolute atomic E-state index is 0.0451. The number of anilines is 3. The van der Waals surface area contributed by atoms with E-state index in [1.54, 1.807) is 10.9 Å². The Hall–Kier alpha value is -4.96. The van der Waals surface area contributed by atoms with E-state index in [9.17, 15) is 14.4 Å². The van der Waals surface area contributed by atoms with E-state index in [1.165, 1.54) is 11.1 Å². The van der Waals surface area contributed by atoms with Gasteiger partial charge >= 0.3 is 0 Å². The van der Waals surface area contributed by atoms with Crippen LogP contribution in [0, 0.1) is 0 Å². The van der Waals surface area contributed by atoms with Crippen molar-refractivity contribution in [1.29, 1.82) is 0 Å². The van der Waals surface area contributed by atoms with Crippen molar-refractivity contribution in [2.24, 2.45) is 5.73 Å². The van der Waals surface area contributed by atoms with Crippen molar-refractivity contribution in [3.63, 3.8) is 0 Å². The van der Waals surface area contributed by atoms with E-state index < -0.39 is 5.91 Å². The number of carbonyl (C=O) groups excluding carboxylic acids is 3. The highest BCUT2D eigenvalue weighted by molar-refractivity contribution is 5.96. The van der Waals surface area contributed by atoms with Gasteiger partial charge in [0.2, 0.25) is 17.7 Å². The van der Waals surface area contributed by atoms with E-state index in [0.29, 0.717) is 24.9 Å². The molecule has 4 atom stereocenters. The van der Waals surface area contributed by atoms with E-state index in [-0.39, 0.29) is 42.5 Å². The number of hydrogen-bond acceptors (Lipinski definition) is 6. The van der Waals surface area contributed by atoms with Gasteiger partial charge in [-0.2, -0.15) is 5.10 Å². The number of nitrogens with one attached hydrogen (secondary N) is 1. The quantitative estimate of drug-likeness (QED) is 0.178. The Morgan fingerprint density at radius 1 is 0.774 bits per heavy atom. The Kier molecular flexibility index (Phi) is 10.7. The van der Waals surface area contributed by atoms with Crippen LogP contribution < -0.4 is 25.8 Å². The molecule has 3 amide bonds. The van der Waals surface area contributed by atoms with E-state index in [4.69, 9.17) is 5.73 Å². The summed E-state index contributed by atoms with van der Waals surface area (Å²) in [6.07, 6.45) is 10.5. The van der Waals surface area contributed by atoms with Crippen LogP contribution in [0.4, 0.5) is 17.1 Å². The standard InChI is InChI=1S/C43H53N7O3/c1-5-42(52)48-28(3)23-37(35-11-7-9-13-38(35)48)46-32-17-21-34(22-18-32)50(33-19-15-30(16-20-33)31-25-45-47(26-31)27-41(44)51)40-24-29(4)49(43(53)6-2)39-14-10-8-12-36(39)40/h7-16,19-20,25-26,28-29,32,34,37,40,46H,5-6,17-18,21-24,27H2,1-4H3,(H2,44,51)/t28-,29-,32?,34?,37+,40+/m0/s1. The first kappa shape index (κ1) is 36.4. The summed E-state index contributed by atoms with van der Waals surface area (Å²) in [7, 11) is 0. The topological polar surface area (TPSA) is 117 Å². The summed E-state index contributed by atoms with van der Waals surface area (Å²) >= 11 is 0. The fraction of sp³-hybridized carbons (Fsp3) is 0.442. The molecule has 4 aromatic rings. The lowest BCUT2D eigenvalue weighted by Gasteiger charge is -2.49. The van der Waals surface area contributed by atoms with Gasteiger partial charge in [-0.25, -0.2) is 0 Å². The number of rotatable bonds is 10. The molecule has 10 nitrogen and oxygen atoms in total. The normalized spacial score (nSPS) is 23.9. The Morgan fingerprint density at radius 2 is 1.36 bits per heavy atom. The largest absolute Gasteiger partial charge is 0.368 e. The van der Waals surface area contributed by atoms with Crippen molar-refractivity contribution in [3.05, 3.63) is 96.3 Å². The molecule has 10 heteroatoms. The summed E-state index contributed by atoms with van der Waals surface area (Å²) in [6, 6.07) is 26.8. The molecule has 1 fully saturated rings. The first-order chi connectivity index (χ1) is 25.7. The number of primary amides is 1. The van der Waals surface area contributed by atoms with Crippen LogP contribution >= 0.6 is 0 Å². The third-order valence-corrected chi connectivity index (χ3v) is 11.6. The number of para-hydroxylation sites is 2. The molecule has 53 heavy (non-hydrogen) atoms. The molecule has 1 aromatic heterocycles. The second-order valence-electron chi connectivity index (χ2n) is 15.1. The van der Waals surface area contributed by atoms with E-state index in [2.05, 4.69) is 89.8 Å². The molecule has 0 bridgehead atoms. The molecule has 278 valence electrons. The number of fused-ring (bicyclic) bond motifs is 2. The first-order valence-corrected chi connectivity index (χ1v) is 19.4. The average molecular weight is 716 g/mol. The summed E-state index contributed by atoms with van der Waals surface area (Å²) in [5, 5.41) is 8.38. The van der Waals surface area contributed by atoms with Crippen LogP contribution in [0.1, 0.15) is 102 Å². The van der Waals surface area contributed by atoms with Crippen molar-refractivity contribution in [2.45, 2.75) is 122 Å². The summed E-state index contributed by atoms with van der Waals surface area (Å²) < 4.78 is 1.57. The van der Waals surface area contributed by atoms with Crippen molar-refractivity contribution >= 4 is 34.8 Å². The molecule has 3 N–H and O–H groups in total. The van der Waals surface area contributed by atoms with Crippen molar-refractivity contribution < 1.29 is 14.4 Å². The Bertz CT molecular complexity index is 1930. The SMILES string of the molecule is CCC(=O)N1c2ccccc2[C@H](N(c2ccc(-c3cnn(CC(N)=O)c3)cc2)C2CCC(N[C@@H]3C[C@H](C)N(C(=O)CC)c4ccccc43)CC2)C[C@@H]1C. The van der Waals surface area contributed by atoms with Crippen LogP contribution in [0.3, 0.4) is 0 Å². The molecule has 3 aromatic carbocycles. The third kappa shape index (κ3) is 7.34. The number of carbonyl (C=O) groups is 3. The van der Waals surface area contributed by atoms with Crippen molar-refractivity contribution in [1.82, 2.24) is 15.1 Å². The molecule has 0 spiro atoms. The maximum Gasteiger partial charge on any atom is 0.239 e. The van der Waals surface area contributed by atoms with Gasteiger partial charge in [0, 0.05) is 71.9 Å². The fourth-order valence-corrected chi connectivity index (χ4v) is 9.15. The van der Waals surface area contributed by atoms with Gasteiger partial charge in [0.15, 0.2) is 0 Å². The van der Waals surface area contributed by atoms with Gasteiger partial charge in [0.05, 0.1) is 12.2 Å². The molecule has 0 radical (unpaired) electrons. The molecule has 1 aliphatic carbocycles. The molecular formula is C43H53N7O3.